The van der Waals surface area contributed by atoms with Crippen molar-refractivity contribution in [3.63, 3.8) is 0 Å². The van der Waals surface area contributed by atoms with Gasteiger partial charge in [-0.05, 0) is 61.5 Å². The highest BCUT2D eigenvalue weighted by Gasteiger charge is 2.11. The lowest BCUT2D eigenvalue weighted by molar-refractivity contribution is 0.0950. The zero-order valence-electron chi connectivity index (χ0n) is 9.04. The fraction of sp³-hybridized carbons (Fsp3) is 0.0833. The fourth-order valence-corrected chi connectivity index (χ4v) is 3.34. The second-order valence-electron chi connectivity index (χ2n) is 3.50. The molecule has 0 atom stereocenters. The summed E-state index contributed by atoms with van der Waals surface area (Å²) >= 11 is 8.13. The van der Waals surface area contributed by atoms with Gasteiger partial charge in [-0.3, -0.25) is 4.79 Å². The molecule has 2 nitrogen and oxygen atoms in total. The van der Waals surface area contributed by atoms with Gasteiger partial charge in [0, 0.05) is 13.8 Å². The molecule has 1 heterocycles. The summed E-state index contributed by atoms with van der Waals surface area (Å²) in [6.45, 7) is 0.445. The van der Waals surface area contributed by atoms with Gasteiger partial charge in [0.15, 0.2) is 0 Å². The van der Waals surface area contributed by atoms with E-state index < -0.39 is 0 Å². The Labute approximate surface area is 124 Å². The van der Waals surface area contributed by atoms with Crippen molar-refractivity contribution >= 4 is 49.1 Å². The Morgan fingerprint density at radius 2 is 2.06 bits per heavy atom. The van der Waals surface area contributed by atoms with E-state index in [0.29, 0.717) is 16.6 Å². The van der Waals surface area contributed by atoms with E-state index in [4.69, 9.17) is 0 Å². The summed E-state index contributed by atoms with van der Waals surface area (Å²) in [7, 11) is 0. The van der Waals surface area contributed by atoms with Gasteiger partial charge in [-0.1, -0.05) is 0 Å². The largest absolute Gasteiger partial charge is 0.347 e. The molecule has 0 spiro atoms. The Kier molecular flexibility index (Phi) is 4.53. The third-order valence-corrected chi connectivity index (χ3v) is 4.86. The molecule has 94 valence electrons. The number of nitrogens with one attached hydrogen (secondary N) is 1. The topological polar surface area (TPSA) is 29.1 Å². The number of rotatable bonds is 3. The highest BCUT2D eigenvalue weighted by molar-refractivity contribution is 9.10. The molecule has 1 aromatic heterocycles. The third-order valence-electron chi connectivity index (χ3n) is 2.28. The van der Waals surface area contributed by atoms with Gasteiger partial charge in [-0.2, -0.15) is 0 Å². The molecule has 2 rings (SSSR count). The second kappa shape index (κ2) is 5.95. The Balaban J connectivity index is 2.06. The first-order chi connectivity index (χ1) is 8.58. The molecule has 0 aliphatic rings. The van der Waals surface area contributed by atoms with Crippen LogP contribution in [0.3, 0.4) is 0 Å². The van der Waals surface area contributed by atoms with Crippen LogP contribution < -0.4 is 5.32 Å². The third kappa shape index (κ3) is 3.18. The van der Waals surface area contributed by atoms with Gasteiger partial charge in [-0.15, -0.1) is 11.3 Å². The highest BCUT2D eigenvalue weighted by Crippen LogP contribution is 2.23. The Hall–Kier alpha value is -0.720. The molecule has 6 heteroatoms. The lowest BCUT2D eigenvalue weighted by atomic mass is 10.2. The summed E-state index contributed by atoms with van der Waals surface area (Å²) < 4.78 is 14.3. The van der Waals surface area contributed by atoms with E-state index in [-0.39, 0.29) is 11.7 Å². The van der Waals surface area contributed by atoms with Gasteiger partial charge >= 0.3 is 0 Å². The number of thiophene rings is 1. The normalized spacial score (nSPS) is 10.4. The number of hydrogen-bond donors (Lipinski definition) is 1. The van der Waals surface area contributed by atoms with E-state index in [1.165, 1.54) is 18.2 Å². The van der Waals surface area contributed by atoms with Crippen molar-refractivity contribution in [2.45, 2.75) is 6.54 Å². The number of benzene rings is 1. The predicted molar refractivity (Wildman–Crippen MR) is 77.3 cm³/mol. The van der Waals surface area contributed by atoms with Crippen molar-refractivity contribution in [2.75, 3.05) is 0 Å². The lowest BCUT2D eigenvalue weighted by Gasteiger charge is -2.06. The standard InChI is InChI=1S/C12H8Br2FNOS/c13-9-3-4-18-11(9)6-16-12(17)8-2-1-7(15)5-10(8)14/h1-5H,6H2,(H,16,17). The number of carbonyl (C=O) groups is 1. The molecular weight excluding hydrogens is 385 g/mol. The zero-order valence-corrected chi connectivity index (χ0v) is 13.0. The van der Waals surface area contributed by atoms with Crippen molar-refractivity contribution in [1.29, 1.82) is 0 Å². The maximum absolute atomic E-state index is 12.9. The van der Waals surface area contributed by atoms with Crippen molar-refractivity contribution < 1.29 is 9.18 Å². The number of amides is 1. The minimum atomic E-state index is -0.376. The molecule has 0 saturated heterocycles. The van der Waals surface area contributed by atoms with Crippen molar-refractivity contribution in [2.24, 2.45) is 0 Å². The number of hydrogen-bond acceptors (Lipinski definition) is 2. The summed E-state index contributed by atoms with van der Waals surface area (Å²) in [6, 6.07) is 5.93. The van der Waals surface area contributed by atoms with Crippen LogP contribution in [0, 0.1) is 5.82 Å². The molecule has 0 aliphatic heterocycles. The molecule has 1 aromatic carbocycles. The summed E-state index contributed by atoms with van der Waals surface area (Å²) in [5.74, 6) is -0.610. The quantitative estimate of drug-likeness (QED) is 0.826. The van der Waals surface area contributed by atoms with Gasteiger partial charge in [0.05, 0.1) is 12.1 Å². The van der Waals surface area contributed by atoms with Crippen LogP contribution in [0.2, 0.25) is 0 Å². The molecule has 0 aliphatic carbocycles. The van der Waals surface area contributed by atoms with Crippen LogP contribution in [0.4, 0.5) is 4.39 Å². The Bertz CT molecular complexity index is 585. The van der Waals surface area contributed by atoms with Crippen LogP contribution in [-0.4, -0.2) is 5.91 Å². The Morgan fingerprint density at radius 1 is 1.28 bits per heavy atom. The summed E-state index contributed by atoms with van der Waals surface area (Å²) in [6.07, 6.45) is 0. The monoisotopic (exact) mass is 391 g/mol. The van der Waals surface area contributed by atoms with Gasteiger partial charge < -0.3 is 5.32 Å². The minimum absolute atomic E-state index is 0.234. The van der Waals surface area contributed by atoms with Crippen LogP contribution >= 0.6 is 43.2 Å². The van der Waals surface area contributed by atoms with Gasteiger partial charge in [0.1, 0.15) is 5.82 Å². The van der Waals surface area contributed by atoms with E-state index in [1.807, 2.05) is 11.4 Å². The summed E-state index contributed by atoms with van der Waals surface area (Å²) in [5.41, 5.74) is 0.420. The smallest absolute Gasteiger partial charge is 0.252 e. The van der Waals surface area contributed by atoms with Crippen LogP contribution in [-0.2, 0) is 6.54 Å². The first kappa shape index (κ1) is 13.7. The molecule has 0 bridgehead atoms. The minimum Gasteiger partial charge on any atom is -0.347 e. The first-order valence-electron chi connectivity index (χ1n) is 5.03. The zero-order chi connectivity index (χ0) is 13.1. The molecule has 0 saturated carbocycles. The first-order valence-corrected chi connectivity index (χ1v) is 7.49. The van der Waals surface area contributed by atoms with E-state index in [9.17, 15) is 9.18 Å². The highest BCUT2D eigenvalue weighted by atomic mass is 79.9. The van der Waals surface area contributed by atoms with Crippen molar-refractivity contribution in [1.82, 2.24) is 5.32 Å². The van der Waals surface area contributed by atoms with E-state index in [2.05, 4.69) is 37.2 Å². The predicted octanol–water partition coefficient (Wildman–Crippen LogP) is 4.34. The second-order valence-corrected chi connectivity index (χ2v) is 6.21. The lowest BCUT2D eigenvalue weighted by Crippen LogP contribution is -2.22. The average Bonchev–Trinajstić information content (AvgIpc) is 2.72. The van der Waals surface area contributed by atoms with Gasteiger partial charge in [-0.25, -0.2) is 4.39 Å². The van der Waals surface area contributed by atoms with Crippen molar-refractivity contribution in [3.8, 4) is 0 Å². The molecule has 1 amide bonds. The summed E-state index contributed by atoms with van der Waals surface area (Å²) in [5, 5.41) is 4.74. The number of halogens is 3. The van der Waals surface area contributed by atoms with Gasteiger partial charge in [0.25, 0.3) is 5.91 Å². The average molecular weight is 393 g/mol. The molecule has 2 aromatic rings. The molecule has 1 N–H and O–H groups in total. The molecule has 0 fully saturated rings. The van der Waals surface area contributed by atoms with Crippen LogP contribution in [0.15, 0.2) is 38.6 Å². The maximum atomic E-state index is 12.9. The van der Waals surface area contributed by atoms with Crippen LogP contribution in [0.25, 0.3) is 0 Å². The van der Waals surface area contributed by atoms with Crippen molar-refractivity contribution in [3.05, 3.63) is 54.8 Å². The van der Waals surface area contributed by atoms with E-state index in [1.54, 1.807) is 11.3 Å². The summed E-state index contributed by atoms with van der Waals surface area (Å²) in [4.78, 5) is 13.0. The van der Waals surface area contributed by atoms with Crippen LogP contribution in [0.1, 0.15) is 15.2 Å². The fourth-order valence-electron chi connectivity index (χ4n) is 1.38. The SMILES string of the molecule is O=C(NCc1sccc1Br)c1ccc(F)cc1Br. The molecule has 0 radical (unpaired) electrons. The van der Waals surface area contributed by atoms with Crippen LogP contribution in [0.5, 0.6) is 0 Å². The maximum Gasteiger partial charge on any atom is 0.252 e. The molecule has 18 heavy (non-hydrogen) atoms. The Morgan fingerprint density at radius 3 is 2.67 bits per heavy atom. The van der Waals surface area contributed by atoms with Gasteiger partial charge in [0.2, 0.25) is 0 Å². The van der Waals surface area contributed by atoms with E-state index in [0.717, 1.165) is 9.35 Å². The van der Waals surface area contributed by atoms with E-state index >= 15 is 0 Å². The molecular formula is C12H8Br2FNOS. The number of carbonyl (C=O) groups excluding carboxylic acids is 1. The molecule has 0 unspecified atom stereocenters.